The van der Waals surface area contributed by atoms with Crippen molar-refractivity contribution in [2.24, 2.45) is 11.8 Å². The average Bonchev–Trinajstić information content (AvgIpc) is 2.25. The van der Waals surface area contributed by atoms with E-state index in [9.17, 15) is 18.3 Å². The van der Waals surface area contributed by atoms with Gasteiger partial charge in [0.1, 0.15) is 0 Å². The SMILES string of the molecule is CC(C)Cc1cccc(CC(C)C)c1C(O)C(F)(F)F. The van der Waals surface area contributed by atoms with Crippen LogP contribution in [0.3, 0.4) is 0 Å². The van der Waals surface area contributed by atoms with Crippen LogP contribution in [0.2, 0.25) is 0 Å². The van der Waals surface area contributed by atoms with E-state index in [1.54, 1.807) is 18.2 Å². The van der Waals surface area contributed by atoms with Crippen LogP contribution in [-0.4, -0.2) is 11.3 Å². The van der Waals surface area contributed by atoms with Gasteiger partial charge in [-0.15, -0.1) is 0 Å². The van der Waals surface area contributed by atoms with Crippen LogP contribution in [-0.2, 0) is 12.8 Å². The van der Waals surface area contributed by atoms with Crippen LogP contribution in [0.4, 0.5) is 13.2 Å². The van der Waals surface area contributed by atoms with Crippen LogP contribution in [0.5, 0.6) is 0 Å². The van der Waals surface area contributed by atoms with Crippen molar-refractivity contribution in [2.45, 2.75) is 52.8 Å². The maximum absolute atomic E-state index is 12.9. The van der Waals surface area contributed by atoms with Gasteiger partial charge in [0.25, 0.3) is 0 Å². The quantitative estimate of drug-likeness (QED) is 0.834. The van der Waals surface area contributed by atoms with E-state index < -0.39 is 12.3 Å². The molecule has 0 aliphatic rings. The van der Waals surface area contributed by atoms with Crippen molar-refractivity contribution in [1.29, 1.82) is 0 Å². The Bertz CT molecular complexity index is 408. The number of rotatable bonds is 5. The van der Waals surface area contributed by atoms with Crippen LogP contribution >= 0.6 is 0 Å². The molecule has 1 atom stereocenters. The highest BCUT2D eigenvalue weighted by Crippen LogP contribution is 2.37. The van der Waals surface area contributed by atoms with E-state index in [-0.39, 0.29) is 17.4 Å². The minimum absolute atomic E-state index is 0.0578. The molecule has 4 heteroatoms. The first-order valence-electron chi connectivity index (χ1n) is 6.98. The largest absolute Gasteiger partial charge is 0.418 e. The molecule has 20 heavy (non-hydrogen) atoms. The first-order valence-corrected chi connectivity index (χ1v) is 6.98. The molecule has 1 nitrogen and oxygen atoms in total. The summed E-state index contributed by atoms with van der Waals surface area (Å²) < 4.78 is 38.8. The summed E-state index contributed by atoms with van der Waals surface area (Å²) in [6.07, 6.45) is -5.95. The lowest BCUT2D eigenvalue weighted by Gasteiger charge is -2.23. The molecule has 0 amide bonds. The zero-order valence-electron chi connectivity index (χ0n) is 12.5. The fourth-order valence-corrected chi connectivity index (χ4v) is 2.42. The molecule has 0 spiro atoms. The average molecular weight is 288 g/mol. The lowest BCUT2D eigenvalue weighted by atomic mass is 9.88. The van der Waals surface area contributed by atoms with E-state index in [4.69, 9.17) is 0 Å². The Morgan fingerprint density at radius 2 is 1.35 bits per heavy atom. The zero-order valence-corrected chi connectivity index (χ0v) is 12.5. The van der Waals surface area contributed by atoms with Gasteiger partial charge in [0, 0.05) is 0 Å². The highest BCUT2D eigenvalue weighted by Gasteiger charge is 2.41. The summed E-state index contributed by atoms with van der Waals surface area (Å²) in [4.78, 5) is 0. The van der Waals surface area contributed by atoms with E-state index in [1.807, 2.05) is 27.7 Å². The molecule has 1 rings (SSSR count). The molecule has 1 aromatic carbocycles. The lowest BCUT2D eigenvalue weighted by molar-refractivity contribution is -0.207. The predicted octanol–water partition coefficient (Wildman–Crippen LogP) is 4.68. The maximum atomic E-state index is 12.9. The normalized spacial score (nSPS) is 14.1. The second-order valence-corrected chi connectivity index (χ2v) is 6.13. The van der Waals surface area contributed by atoms with E-state index in [0.717, 1.165) is 0 Å². The van der Waals surface area contributed by atoms with E-state index in [1.165, 1.54) is 0 Å². The number of alkyl halides is 3. The molecule has 0 aliphatic heterocycles. The topological polar surface area (TPSA) is 20.2 Å². The van der Waals surface area contributed by atoms with E-state index in [2.05, 4.69) is 0 Å². The Kier molecular flexibility index (Phi) is 5.63. The van der Waals surface area contributed by atoms with Crippen molar-refractivity contribution in [1.82, 2.24) is 0 Å². The molecule has 1 aromatic rings. The molecular weight excluding hydrogens is 265 g/mol. The Balaban J connectivity index is 3.31. The van der Waals surface area contributed by atoms with Gasteiger partial charge in [-0.2, -0.15) is 13.2 Å². The second kappa shape index (κ2) is 6.61. The summed E-state index contributed by atoms with van der Waals surface area (Å²) in [5.74, 6) is 0.479. The lowest BCUT2D eigenvalue weighted by Crippen LogP contribution is -2.23. The number of aliphatic hydroxyl groups excluding tert-OH is 1. The minimum atomic E-state index is -4.63. The number of aliphatic hydroxyl groups is 1. The van der Waals surface area contributed by atoms with Gasteiger partial charge in [0.15, 0.2) is 6.10 Å². The molecule has 114 valence electrons. The Hall–Kier alpha value is -1.03. The standard InChI is InChI=1S/C16H23F3O/c1-10(2)8-12-6-5-7-13(9-11(3)4)14(12)15(20)16(17,18)19/h5-7,10-11,15,20H,8-9H2,1-4H3. The third-order valence-corrected chi connectivity index (χ3v) is 3.13. The molecule has 0 bridgehead atoms. The highest BCUT2D eigenvalue weighted by molar-refractivity contribution is 5.38. The monoisotopic (exact) mass is 288 g/mol. The van der Waals surface area contributed by atoms with E-state index >= 15 is 0 Å². The van der Waals surface area contributed by atoms with Crippen LogP contribution in [0.15, 0.2) is 18.2 Å². The molecule has 0 radical (unpaired) electrons. The van der Waals surface area contributed by atoms with Gasteiger partial charge in [-0.25, -0.2) is 0 Å². The summed E-state index contributed by atoms with van der Waals surface area (Å²) in [5, 5.41) is 9.72. The molecule has 0 aromatic heterocycles. The maximum Gasteiger partial charge on any atom is 0.418 e. The molecule has 0 aliphatic carbocycles. The number of hydrogen-bond acceptors (Lipinski definition) is 1. The van der Waals surface area contributed by atoms with E-state index in [0.29, 0.717) is 24.0 Å². The first-order chi connectivity index (χ1) is 9.12. The zero-order chi connectivity index (χ0) is 15.5. The number of benzene rings is 1. The first kappa shape index (κ1) is 17.0. The van der Waals surface area contributed by atoms with Gasteiger partial charge in [-0.05, 0) is 41.4 Å². The Morgan fingerprint density at radius 3 is 1.65 bits per heavy atom. The van der Waals surface area contributed by atoms with Crippen LogP contribution in [0.25, 0.3) is 0 Å². The molecule has 0 heterocycles. The molecular formula is C16H23F3O. The van der Waals surface area contributed by atoms with Crippen LogP contribution < -0.4 is 0 Å². The third kappa shape index (κ3) is 4.51. The summed E-state index contributed by atoms with van der Waals surface area (Å²) in [5.41, 5.74) is 1.26. The smallest absolute Gasteiger partial charge is 0.379 e. The van der Waals surface area contributed by atoms with Gasteiger partial charge < -0.3 is 5.11 Å². The highest BCUT2D eigenvalue weighted by atomic mass is 19.4. The fraction of sp³-hybridized carbons (Fsp3) is 0.625. The molecule has 1 N–H and O–H groups in total. The molecule has 0 saturated carbocycles. The number of halogens is 3. The van der Waals surface area contributed by atoms with Gasteiger partial charge in [0.05, 0.1) is 0 Å². The predicted molar refractivity (Wildman–Crippen MR) is 74.5 cm³/mol. The van der Waals surface area contributed by atoms with Crippen LogP contribution in [0, 0.1) is 11.8 Å². The van der Waals surface area contributed by atoms with Crippen molar-refractivity contribution in [3.63, 3.8) is 0 Å². The van der Waals surface area contributed by atoms with Gasteiger partial charge >= 0.3 is 6.18 Å². The molecule has 0 fully saturated rings. The third-order valence-electron chi connectivity index (χ3n) is 3.13. The Morgan fingerprint density at radius 1 is 0.950 bits per heavy atom. The van der Waals surface area contributed by atoms with Gasteiger partial charge in [0.2, 0.25) is 0 Å². The summed E-state index contributed by atoms with van der Waals surface area (Å²) in [6, 6.07) is 5.16. The summed E-state index contributed by atoms with van der Waals surface area (Å²) in [6.45, 7) is 7.83. The van der Waals surface area contributed by atoms with Crippen molar-refractivity contribution < 1.29 is 18.3 Å². The second-order valence-electron chi connectivity index (χ2n) is 6.13. The van der Waals surface area contributed by atoms with Gasteiger partial charge in [-0.1, -0.05) is 45.9 Å². The van der Waals surface area contributed by atoms with Gasteiger partial charge in [-0.3, -0.25) is 0 Å². The molecule has 0 saturated heterocycles. The van der Waals surface area contributed by atoms with Crippen molar-refractivity contribution in [2.75, 3.05) is 0 Å². The summed E-state index contributed by atoms with van der Waals surface area (Å²) in [7, 11) is 0. The fourth-order valence-electron chi connectivity index (χ4n) is 2.42. The van der Waals surface area contributed by atoms with Crippen molar-refractivity contribution >= 4 is 0 Å². The van der Waals surface area contributed by atoms with Crippen LogP contribution in [0.1, 0.15) is 50.5 Å². The molecule has 1 unspecified atom stereocenters. The number of hydrogen-bond donors (Lipinski definition) is 1. The summed E-state index contributed by atoms with van der Waals surface area (Å²) >= 11 is 0. The van der Waals surface area contributed by atoms with Crippen molar-refractivity contribution in [3.8, 4) is 0 Å². The Labute approximate surface area is 118 Å². The minimum Gasteiger partial charge on any atom is -0.379 e. The van der Waals surface area contributed by atoms with Crippen molar-refractivity contribution in [3.05, 3.63) is 34.9 Å².